The summed E-state index contributed by atoms with van der Waals surface area (Å²) < 4.78 is 50.9. The lowest BCUT2D eigenvalue weighted by atomic mass is 10.3. The summed E-state index contributed by atoms with van der Waals surface area (Å²) in [6, 6.07) is 11.2. The quantitative estimate of drug-likeness (QED) is 0.418. The molecule has 168 valence electrons. The zero-order valence-electron chi connectivity index (χ0n) is 16.7. The minimum atomic E-state index is -3.94. The van der Waals surface area contributed by atoms with Crippen LogP contribution in [0.25, 0.3) is 0 Å². The number of rotatable bonds is 7. The Morgan fingerprint density at radius 1 is 1.00 bits per heavy atom. The van der Waals surface area contributed by atoms with Gasteiger partial charge in [-0.15, -0.1) is 0 Å². The fourth-order valence-corrected chi connectivity index (χ4v) is 3.84. The van der Waals surface area contributed by atoms with Crippen LogP contribution in [0, 0.1) is 5.82 Å². The van der Waals surface area contributed by atoms with Crippen LogP contribution in [0.4, 0.5) is 21.6 Å². The molecule has 2 aromatic carbocycles. The van der Waals surface area contributed by atoms with Gasteiger partial charge in [0, 0.05) is 17.4 Å². The largest absolute Gasteiger partial charge is 0.481 e. The molecule has 13 heteroatoms. The summed E-state index contributed by atoms with van der Waals surface area (Å²) in [7, 11) is -1.21. The second-order valence-electron chi connectivity index (χ2n) is 6.12. The molecule has 0 amide bonds. The molecule has 0 saturated heterocycles. The molecular formula is C19H17ClFN5O4S2. The molecule has 0 aliphatic carbocycles. The van der Waals surface area contributed by atoms with Gasteiger partial charge in [0.25, 0.3) is 10.0 Å². The summed E-state index contributed by atoms with van der Waals surface area (Å²) >= 11 is 11.0. The van der Waals surface area contributed by atoms with Crippen LogP contribution in [0.2, 0.25) is 5.02 Å². The second kappa shape index (κ2) is 9.94. The van der Waals surface area contributed by atoms with Crippen molar-refractivity contribution in [3.05, 3.63) is 59.4 Å². The number of hydrogen-bond donors (Lipinski definition) is 3. The van der Waals surface area contributed by atoms with Crippen molar-refractivity contribution in [3.63, 3.8) is 0 Å². The third-order valence-corrected chi connectivity index (χ3v) is 5.78. The molecule has 0 spiro atoms. The Balaban J connectivity index is 1.69. The Kier molecular flexibility index (Phi) is 7.28. The fourth-order valence-electron chi connectivity index (χ4n) is 2.43. The van der Waals surface area contributed by atoms with Gasteiger partial charge in [-0.1, -0.05) is 11.6 Å². The van der Waals surface area contributed by atoms with E-state index in [4.69, 9.17) is 33.3 Å². The number of hydrogen-bond acceptors (Lipinski definition) is 7. The number of ether oxygens (including phenoxy) is 2. The van der Waals surface area contributed by atoms with E-state index in [0.717, 1.165) is 0 Å². The maximum atomic E-state index is 13.2. The minimum Gasteiger partial charge on any atom is -0.481 e. The molecule has 9 nitrogen and oxygen atoms in total. The Labute approximate surface area is 194 Å². The van der Waals surface area contributed by atoms with Gasteiger partial charge in [-0.2, -0.15) is 9.97 Å². The first-order valence-corrected chi connectivity index (χ1v) is 11.1. The first kappa shape index (κ1) is 23.4. The predicted octanol–water partition coefficient (Wildman–Crippen LogP) is 3.90. The van der Waals surface area contributed by atoms with Crippen molar-refractivity contribution in [2.75, 3.05) is 29.6 Å². The minimum absolute atomic E-state index is 0.0104. The topological polar surface area (TPSA) is 114 Å². The van der Waals surface area contributed by atoms with Crippen LogP contribution < -0.4 is 24.8 Å². The highest BCUT2D eigenvalue weighted by atomic mass is 35.5. The van der Waals surface area contributed by atoms with Gasteiger partial charge in [0.1, 0.15) is 5.82 Å². The Morgan fingerprint density at radius 3 is 2.28 bits per heavy atom. The maximum absolute atomic E-state index is 13.2. The first-order chi connectivity index (χ1) is 15.2. The molecule has 1 aromatic heterocycles. The number of benzene rings is 2. The van der Waals surface area contributed by atoms with Crippen LogP contribution in [-0.2, 0) is 10.0 Å². The predicted molar refractivity (Wildman–Crippen MR) is 124 cm³/mol. The number of sulfonamides is 1. The van der Waals surface area contributed by atoms with Gasteiger partial charge in [0.05, 0.1) is 24.1 Å². The van der Waals surface area contributed by atoms with Crippen LogP contribution >= 0.6 is 23.8 Å². The molecule has 32 heavy (non-hydrogen) atoms. The van der Waals surface area contributed by atoms with E-state index in [1.54, 1.807) is 0 Å². The van der Waals surface area contributed by atoms with Crippen molar-refractivity contribution in [1.29, 1.82) is 0 Å². The second-order valence-corrected chi connectivity index (χ2v) is 8.62. The molecule has 1 heterocycles. The molecule has 3 N–H and O–H groups in total. The van der Waals surface area contributed by atoms with E-state index < -0.39 is 15.8 Å². The van der Waals surface area contributed by atoms with Gasteiger partial charge < -0.3 is 20.1 Å². The zero-order chi connectivity index (χ0) is 23.3. The van der Waals surface area contributed by atoms with Gasteiger partial charge in [0.15, 0.2) is 10.9 Å². The van der Waals surface area contributed by atoms with Crippen LogP contribution in [0.15, 0.2) is 53.4 Å². The summed E-state index contributed by atoms with van der Waals surface area (Å²) in [5.74, 6) is -0.419. The lowest BCUT2D eigenvalue weighted by Crippen LogP contribution is -2.19. The van der Waals surface area contributed by atoms with E-state index in [1.807, 2.05) is 0 Å². The molecule has 0 aliphatic rings. The first-order valence-electron chi connectivity index (χ1n) is 8.83. The standard InChI is InChI=1S/C19H17ClFN5O4S2/c1-29-17-10-16(24-18(25-17)30-2)26-32(27,28)13-6-3-11(4-7-13)22-19(31)23-12-5-8-15(21)14(20)9-12/h3-10H,1-2H3,(H2,22,23,31)(H,24,25,26). The van der Waals surface area contributed by atoms with Crippen LogP contribution in [0.5, 0.6) is 11.9 Å². The van der Waals surface area contributed by atoms with Gasteiger partial charge in [0.2, 0.25) is 5.88 Å². The van der Waals surface area contributed by atoms with E-state index in [9.17, 15) is 12.8 Å². The van der Waals surface area contributed by atoms with Crippen molar-refractivity contribution in [1.82, 2.24) is 9.97 Å². The Hall–Kier alpha value is -3.22. The smallest absolute Gasteiger partial charge is 0.321 e. The van der Waals surface area contributed by atoms with Crippen molar-refractivity contribution in [2.24, 2.45) is 0 Å². The molecule has 3 aromatic rings. The zero-order valence-corrected chi connectivity index (χ0v) is 19.1. The molecule has 0 aliphatic heterocycles. The van der Waals surface area contributed by atoms with Crippen LogP contribution in [-0.4, -0.2) is 37.7 Å². The Morgan fingerprint density at radius 2 is 1.66 bits per heavy atom. The number of aromatic nitrogens is 2. The summed E-state index contributed by atoms with van der Waals surface area (Å²) in [6.07, 6.45) is 0. The number of methoxy groups -OCH3 is 2. The van der Waals surface area contributed by atoms with Crippen LogP contribution in [0.1, 0.15) is 0 Å². The number of thiocarbonyl (C=S) groups is 1. The van der Waals surface area contributed by atoms with Crippen molar-refractivity contribution in [3.8, 4) is 11.9 Å². The van der Waals surface area contributed by atoms with E-state index in [1.165, 1.54) is 62.8 Å². The van der Waals surface area contributed by atoms with E-state index in [2.05, 4.69) is 25.3 Å². The normalized spacial score (nSPS) is 10.9. The molecule has 0 saturated carbocycles. The number of halogens is 2. The monoisotopic (exact) mass is 497 g/mol. The molecule has 0 radical (unpaired) electrons. The molecule has 0 atom stereocenters. The number of anilines is 3. The maximum Gasteiger partial charge on any atom is 0.321 e. The summed E-state index contributed by atoms with van der Waals surface area (Å²) in [6.45, 7) is 0. The molecule has 0 fully saturated rings. The third kappa shape index (κ3) is 5.93. The van der Waals surface area contributed by atoms with Crippen molar-refractivity contribution < 1.29 is 22.3 Å². The summed E-state index contributed by atoms with van der Waals surface area (Å²) in [5, 5.41) is 5.92. The summed E-state index contributed by atoms with van der Waals surface area (Å²) in [5.41, 5.74) is 1.02. The summed E-state index contributed by atoms with van der Waals surface area (Å²) in [4.78, 5) is 7.84. The van der Waals surface area contributed by atoms with E-state index >= 15 is 0 Å². The van der Waals surface area contributed by atoms with E-state index in [0.29, 0.717) is 11.4 Å². The average molecular weight is 498 g/mol. The highest BCUT2D eigenvalue weighted by molar-refractivity contribution is 7.92. The van der Waals surface area contributed by atoms with Crippen LogP contribution in [0.3, 0.4) is 0 Å². The highest BCUT2D eigenvalue weighted by Crippen LogP contribution is 2.22. The van der Waals surface area contributed by atoms with Crippen molar-refractivity contribution in [2.45, 2.75) is 4.90 Å². The van der Waals surface area contributed by atoms with E-state index in [-0.39, 0.29) is 32.7 Å². The average Bonchev–Trinajstić information content (AvgIpc) is 2.76. The fraction of sp³-hybridized carbons (Fsp3) is 0.105. The van der Waals surface area contributed by atoms with Gasteiger partial charge in [-0.05, 0) is 54.7 Å². The number of nitrogens with one attached hydrogen (secondary N) is 3. The lowest BCUT2D eigenvalue weighted by molar-refractivity contribution is 0.353. The SMILES string of the molecule is COc1cc(NS(=O)(=O)c2ccc(NC(=S)Nc3ccc(F)c(Cl)c3)cc2)nc(OC)n1. The molecular weight excluding hydrogens is 481 g/mol. The lowest BCUT2D eigenvalue weighted by Gasteiger charge is -2.12. The third-order valence-electron chi connectivity index (χ3n) is 3.91. The Bertz CT molecular complexity index is 1220. The molecule has 0 unspecified atom stereocenters. The number of nitrogens with zero attached hydrogens (tertiary/aromatic N) is 2. The molecule has 0 bridgehead atoms. The van der Waals surface area contributed by atoms with Gasteiger partial charge in [-0.25, -0.2) is 12.8 Å². The van der Waals surface area contributed by atoms with Gasteiger partial charge >= 0.3 is 6.01 Å². The molecule has 3 rings (SSSR count). The highest BCUT2D eigenvalue weighted by Gasteiger charge is 2.17. The van der Waals surface area contributed by atoms with Crippen molar-refractivity contribution >= 4 is 56.1 Å². The van der Waals surface area contributed by atoms with Gasteiger partial charge in [-0.3, -0.25) is 4.72 Å².